The number of aromatic amines is 1. The third-order valence-electron chi connectivity index (χ3n) is 6.41. The van der Waals surface area contributed by atoms with Crippen LogP contribution >= 0.6 is 0 Å². The molecule has 1 unspecified atom stereocenters. The Labute approximate surface area is 181 Å². The topological polar surface area (TPSA) is 37.0 Å². The number of fused-ring (bicyclic) bond motifs is 1. The molecular formula is C25H29F3N2O. The molecule has 4 rings (SSSR count). The molecule has 0 spiro atoms. The average molecular weight is 431 g/mol. The second kappa shape index (κ2) is 8.32. The van der Waals surface area contributed by atoms with Gasteiger partial charge in [-0.1, -0.05) is 36.4 Å². The van der Waals surface area contributed by atoms with E-state index in [1.165, 1.54) is 23.1 Å². The summed E-state index contributed by atoms with van der Waals surface area (Å²) in [6.45, 7) is 6.02. The molecule has 3 nitrogen and oxygen atoms in total. The summed E-state index contributed by atoms with van der Waals surface area (Å²) in [7, 11) is 0. The minimum absolute atomic E-state index is 0.351. The first-order valence-corrected chi connectivity index (χ1v) is 10.8. The first kappa shape index (κ1) is 21.9. The molecule has 0 saturated carbocycles. The average Bonchev–Trinajstić information content (AvgIpc) is 3.13. The van der Waals surface area contributed by atoms with E-state index in [4.69, 9.17) is 4.74 Å². The zero-order valence-corrected chi connectivity index (χ0v) is 18.0. The van der Waals surface area contributed by atoms with Crippen molar-refractivity contribution >= 4 is 10.9 Å². The number of hydrogen-bond acceptors (Lipinski definition) is 2. The number of halogens is 3. The fraction of sp³-hybridized carbons (Fsp3) is 0.440. The predicted molar refractivity (Wildman–Crippen MR) is 117 cm³/mol. The van der Waals surface area contributed by atoms with Crippen molar-refractivity contribution in [3.05, 3.63) is 71.4 Å². The van der Waals surface area contributed by atoms with Gasteiger partial charge in [-0.3, -0.25) is 0 Å². The molecule has 1 atom stereocenters. The molecule has 0 aliphatic carbocycles. The number of para-hydroxylation sites is 1. The minimum atomic E-state index is -4.34. The first-order chi connectivity index (χ1) is 14.7. The lowest BCUT2D eigenvalue weighted by Gasteiger charge is -2.45. The van der Waals surface area contributed by atoms with Crippen LogP contribution in [0.25, 0.3) is 10.9 Å². The third-order valence-corrected chi connectivity index (χ3v) is 6.41. The molecular weight excluding hydrogens is 401 g/mol. The molecule has 6 heteroatoms. The van der Waals surface area contributed by atoms with Crippen molar-refractivity contribution in [1.82, 2.24) is 10.3 Å². The summed E-state index contributed by atoms with van der Waals surface area (Å²) in [5.41, 5.74) is 1.74. The summed E-state index contributed by atoms with van der Waals surface area (Å²) in [6, 6.07) is 14.0. The van der Waals surface area contributed by atoms with Crippen LogP contribution in [-0.2, 0) is 22.9 Å². The number of alkyl halides is 3. The van der Waals surface area contributed by atoms with E-state index in [2.05, 4.69) is 16.4 Å². The summed E-state index contributed by atoms with van der Waals surface area (Å²) in [5, 5.41) is 4.70. The lowest BCUT2D eigenvalue weighted by atomic mass is 9.67. The summed E-state index contributed by atoms with van der Waals surface area (Å²) in [4.78, 5) is 3.28. The van der Waals surface area contributed by atoms with Gasteiger partial charge in [0.1, 0.15) is 0 Å². The van der Waals surface area contributed by atoms with E-state index in [0.717, 1.165) is 23.6 Å². The highest BCUT2D eigenvalue weighted by Gasteiger charge is 2.42. The van der Waals surface area contributed by atoms with Crippen molar-refractivity contribution in [3.63, 3.8) is 0 Å². The molecule has 1 aliphatic rings. The number of hydrogen-bond donors (Lipinski definition) is 2. The van der Waals surface area contributed by atoms with Crippen molar-refractivity contribution < 1.29 is 17.9 Å². The van der Waals surface area contributed by atoms with Gasteiger partial charge in [-0.05, 0) is 62.9 Å². The molecule has 2 aromatic carbocycles. The van der Waals surface area contributed by atoms with Gasteiger partial charge in [-0.25, -0.2) is 0 Å². The molecule has 1 aliphatic heterocycles. The van der Waals surface area contributed by atoms with Crippen molar-refractivity contribution in [3.8, 4) is 0 Å². The van der Waals surface area contributed by atoms with Gasteiger partial charge in [0.15, 0.2) is 0 Å². The summed E-state index contributed by atoms with van der Waals surface area (Å²) in [5.74, 6) is 0. The van der Waals surface area contributed by atoms with Gasteiger partial charge in [-0.15, -0.1) is 0 Å². The van der Waals surface area contributed by atoms with Crippen LogP contribution in [0.1, 0.15) is 49.8 Å². The Morgan fingerprint density at radius 2 is 1.90 bits per heavy atom. The molecule has 0 amide bonds. The number of nitrogens with one attached hydrogen (secondary N) is 2. The number of rotatable bonds is 6. The van der Waals surface area contributed by atoms with Gasteiger partial charge in [0, 0.05) is 35.7 Å². The number of benzene rings is 2. The van der Waals surface area contributed by atoms with Gasteiger partial charge in [0.2, 0.25) is 0 Å². The zero-order valence-electron chi connectivity index (χ0n) is 18.0. The molecule has 31 heavy (non-hydrogen) atoms. The third kappa shape index (κ3) is 4.80. The van der Waals surface area contributed by atoms with Crippen LogP contribution in [0.3, 0.4) is 0 Å². The Kier molecular flexibility index (Phi) is 5.88. The van der Waals surface area contributed by atoms with E-state index < -0.39 is 11.7 Å². The van der Waals surface area contributed by atoms with Crippen molar-refractivity contribution in [1.29, 1.82) is 0 Å². The molecule has 0 bridgehead atoms. The molecule has 1 saturated heterocycles. The molecule has 3 aromatic rings. The SMILES string of the molecule is CC1(C)CC(CCNCc2c[nH]c3ccccc23)(c2cccc(C(F)(F)F)c2)CCO1. The maximum absolute atomic E-state index is 13.4. The number of ether oxygens (including phenoxy) is 1. The van der Waals surface area contributed by atoms with Crippen LogP contribution in [0.4, 0.5) is 13.2 Å². The van der Waals surface area contributed by atoms with Crippen molar-refractivity contribution in [2.45, 2.75) is 56.8 Å². The Hall–Kier alpha value is -2.31. The van der Waals surface area contributed by atoms with Gasteiger partial charge in [0.05, 0.1) is 11.2 Å². The van der Waals surface area contributed by atoms with Crippen LogP contribution in [0.2, 0.25) is 0 Å². The first-order valence-electron chi connectivity index (χ1n) is 10.8. The lowest BCUT2D eigenvalue weighted by molar-refractivity contribution is -0.137. The highest BCUT2D eigenvalue weighted by molar-refractivity contribution is 5.82. The molecule has 1 aromatic heterocycles. The van der Waals surface area contributed by atoms with E-state index in [1.54, 1.807) is 0 Å². The quantitative estimate of drug-likeness (QED) is 0.457. The highest BCUT2D eigenvalue weighted by Crippen LogP contribution is 2.45. The Bertz CT molecular complexity index is 1040. The zero-order chi connectivity index (χ0) is 22.1. The number of H-pyrrole nitrogens is 1. The summed E-state index contributed by atoms with van der Waals surface area (Å²) >= 11 is 0. The van der Waals surface area contributed by atoms with E-state index in [0.29, 0.717) is 32.5 Å². The molecule has 2 heterocycles. The maximum atomic E-state index is 13.4. The van der Waals surface area contributed by atoms with Crippen molar-refractivity contribution in [2.24, 2.45) is 0 Å². The fourth-order valence-electron chi connectivity index (χ4n) is 4.94. The lowest BCUT2D eigenvalue weighted by Crippen LogP contribution is -2.45. The van der Waals surface area contributed by atoms with Gasteiger partial charge in [0.25, 0.3) is 0 Å². The fourth-order valence-corrected chi connectivity index (χ4v) is 4.94. The Balaban J connectivity index is 1.52. The molecule has 0 radical (unpaired) electrons. The smallest absolute Gasteiger partial charge is 0.376 e. The minimum Gasteiger partial charge on any atom is -0.376 e. The molecule has 2 N–H and O–H groups in total. The summed E-state index contributed by atoms with van der Waals surface area (Å²) in [6.07, 6.45) is -0.171. The van der Waals surface area contributed by atoms with Crippen molar-refractivity contribution in [2.75, 3.05) is 13.2 Å². The standard InChI is InChI=1S/C25H29F3N2O/c1-23(2)17-24(11-13-31-23,19-6-5-7-20(14-19)25(26,27)28)10-12-29-15-18-16-30-22-9-4-3-8-21(18)22/h3-9,14,16,29-30H,10-13,15,17H2,1-2H3. The number of aromatic nitrogens is 1. The molecule has 1 fully saturated rings. The van der Waals surface area contributed by atoms with Crippen LogP contribution in [0.15, 0.2) is 54.7 Å². The summed E-state index contributed by atoms with van der Waals surface area (Å²) < 4.78 is 46.0. The Morgan fingerprint density at radius 3 is 2.68 bits per heavy atom. The van der Waals surface area contributed by atoms with Gasteiger partial charge >= 0.3 is 6.18 Å². The largest absolute Gasteiger partial charge is 0.416 e. The second-order valence-electron chi connectivity index (χ2n) is 9.18. The highest BCUT2D eigenvalue weighted by atomic mass is 19.4. The van der Waals surface area contributed by atoms with E-state index in [9.17, 15) is 13.2 Å². The van der Waals surface area contributed by atoms with Crippen LogP contribution < -0.4 is 5.32 Å². The second-order valence-corrected chi connectivity index (χ2v) is 9.18. The van der Waals surface area contributed by atoms with Crippen LogP contribution in [-0.4, -0.2) is 23.7 Å². The Morgan fingerprint density at radius 1 is 1.10 bits per heavy atom. The monoisotopic (exact) mass is 430 g/mol. The van der Waals surface area contributed by atoms with Gasteiger partial charge in [-0.2, -0.15) is 13.2 Å². The normalized spacial score (nSPS) is 21.5. The van der Waals surface area contributed by atoms with E-state index in [1.807, 2.05) is 44.3 Å². The van der Waals surface area contributed by atoms with E-state index in [-0.39, 0.29) is 11.0 Å². The van der Waals surface area contributed by atoms with Crippen LogP contribution in [0.5, 0.6) is 0 Å². The van der Waals surface area contributed by atoms with Gasteiger partial charge < -0.3 is 15.0 Å². The van der Waals surface area contributed by atoms with E-state index >= 15 is 0 Å². The molecule has 166 valence electrons. The van der Waals surface area contributed by atoms with Crippen LogP contribution in [0, 0.1) is 0 Å². The predicted octanol–water partition coefficient (Wildman–Crippen LogP) is 6.19. The maximum Gasteiger partial charge on any atom is 0.416 e.